The topological polar surface area (TPSA) is 83.8 Å². The lowest BCUT2D eigenvalue weighted by Crippen LogP contribution is -2.09. The zero-order valence-corrected chi connectivity index (χ0v) is 9.16. The molecule has 1 heterocycles. The van der Waals surface area contributed by atoms with Crippen molar-refractivity contribution >= 4 is 22.3 Å². The van der Waals surface area contributed by atoms with Crippen LogP contribution in [0.1, 0.15) is 6.42 Å². The quantitative estimate of drug-likeness (QED) is 0.551. The maximum atomic E-state index is 12.0. The summed E-state index contributed by atoms with van der Waals surface area (Å²) in [5.41, 5.74) is 7.26. The summed E-state index contributed by atoms with van der Waals surface area (Å²) in [6.45, 7) is 0.119. The molecular formula is C11H13FN4O. The van der Waals surface area contributed by atoms with Crippen LogP contribution in [0.25, 0.3) is 10.9 Å². The van der Waals surface area contributed by atoms with E-state index in [1.54, 1.807) is 12.1 Å². The summed E-state index contributed by atoms with van der Waals surface area (Å²) in [6.07, 6.45) is 1.76. The molecular weight excluding hydrogens is 223 g/mol. The Balaban J connectivity index is 2.38. The maximum absolute atomic E-state index is 12.0. The van der Waals surface area contributed by atoms with Gasteiger partial charge in [-0.2, -0.15) is 0 Å². The van der Waals surface area contributed by atoms with E-state index >= 15 is 0 Å². The predicted octanol–water partition coefficient (Wildman–Crippen LogP) is 1.28. The molecule has 4 N–H and O–H groups in total. The number of nitrogens with zero attached hydrogens (tertiary/aromatic N) is 1. The fourth-order valence-corrected chi connectivity index (χ4v) is 1.57. The van der Waals surface area contributed by atoms with Gasteiger partial charge in [-0.3, -0.25) is 9.18 Å². The second-order valence-electron chi connectivity index (χ2n) is 3.66. The van der Waals surface area contributed by atoms with Crippen LogP contribution in [0.15, 0.2) is 23.3 Å². The second-order valence-corrected chi connectivity index (χ2v) is 3.66. The average Bonchev–Trinajstić information content (AvgIpc) is 2.31. The minimum atomic E-state index is -0.377. The lowest BCUT2D eigenvalue weighted by atomic mass is 10.2. The lowest BCUT2D eigenvalue weighted by Gasteiger charge is -2.09. The van der Waals surface area contributed by atoms with Crippen molar-refractivity contribution in [1.82, 2.24) is 9.97 Å². The number of hydrogen-bond acceptors (Lipinski definition) is 4. The molecule has 0 fully saturated rings. The summed E-state index contributed by atoms with van der Waals surface area (Å²) in [7, 11) is 0. The Morgan fingerprint density at radius 1 is 1.47 bits per heavy atom. The number of nitrogens with one attached hydrogen (secondary N) is 2. The van der Waals surface area contributed by atoms with Crippen molar-refractivity contribution < 1.29 is 4.39 Å². The Kier molecular flexibility index (Phi) is 3.22. The first kappa shape index (κ1) is 11.4. The summed E-state index contributed by atoms with van der Waals surface area (Å²) in [5, 5.41) is 3.45. The largest absolute Gasteiger partial charge is 0.397 e. The molecule has 90 valence electrons. The van der Waals surface area contributed by atoms with E-state index in [1.165, 1.54) is 6.33 Å². The van der Waals surface area contributed by atoms with E-state index < -0.39 is 0 Å². The molecule has 0 aliphatic carbocycles. The molecule has 17 heavy (non-hydrogen) atoms. The van der Waals surface area contributed by atoms with Gasteiger partial charge in [0.15, 0.2) is 0 Å². The van der Waals surface area contributed by atoms with E-state index in [2.05, 4.69) is 15.3 Å². The minimum Gasteiger partial charge on any atom is -0.397 e. The molecule has 2 aromatic rings. The summed E-state index contributed by atoms with van der Waals surface area (Å²) in [6, 6.07) is 3.26. The van der Waals surface area contributed by atoms with Gasteiger partial charge in [-0.25, -0.2) is 4.98 Å². The monoisotopic (exact) mass is 236 g/mol. The predicted molar refractivity (Wildman–Crippen MR) is 65.9 cm³/mol. The molecule has 0 saturated carbocycles. The fourth-order valence-electron chi connectivity index (χ4n) is 1.57. The molecule has 2 rings (SSSR count). The number of anilines is 2. The highest BCUT2D eigenvalue weighted by Crippen LogP contribution is 2.22. The van der Waals surface area contributed by atoms with E-state index in [0.717, 1.165) is 0 Å². The number of aromatic amines is 1. The van der Waals surface area contributed by atoms with Crippen molar-refractivity contribution in [3.05, 3.63) is 28.8 Å². The van der Waals surface area contributed by atoms with Crippen molar-refractivity contribution in [2.75, 3.05) is 24.3 Å². The Hall–Kier alpha value is -2.11. The van der Waals surface area contributed by atoms with Gasteiger partial charge in [-0.15, -0.1) is 0 Å². The van der Waals surface area contributed by atoms with Gasteiger partial charge in [0.05, 0.1) is 35.3 Å². The number of halogens is 1. The van der Waals surface area contributed by atoms with Crippen LogP contribution in [0.4, 0.5) is 15.8 Å². The Labute approximate surface area is 96.9 Å². The first-order valence-electron chi connectivity index (χ1n) is 5.29. The Bertz CT molecular complexity index is 581. The smallest absolute Gasteiger partial charge is 0.258 e. The minimum absolute atomic E-state index is 0.225. The molecule has 0 aliphatic rings. The van der Waals surface area contributed by atoms with Crippen LogP contribution >= 0.6 is 0 Å². The van der Waals surface area contributed by atoms with Crippen molar-refractivity contribution in [2.24, 2.45) is 0 Å². The summed E-state index contributed by atoms with van der Waals surface area (Å²) in [5.74, 6) is 0. The zero-order chi connectivity index (χ0) is 12.3. The van der Waals surface area contributed by atoms with Crippen LogP contribution in [0.2, 0.25) is 0 Å². The van der Waals surface area contributed by atoms with Crippen LogP contribution < -0.4 is 16.6 Å². The van der Waals surface area contributed by atoms with E-state index in [1.807, 2.05) is 0 Å². The zero-order valence-electron chi connectivity index (χ0n) is 9.16. The van der Waals surface area contributed by atoms with Crippen LogP contribution in [-0.2, 0) is 0 Å². The number of aromatic nitrogens is 2. The van der Waals surface area contributed by atoms with Crippen molar-refractivity contribution in [3.8, 4) is 0 Å². The van der Waals surface area contributed by atoms with Gasteiger partial charge in [-0.05, 0) is 18.6 Å². The van der Waals surface area contributed by atoms with Gasteiger partial charge in [0, 0.05) is 6.54 Å². The molecule has 0 atom stereocenters. The summed E-state index contributed by atoms with van der Waals surface area (Å²) < 4.78 is 12.0. The van der Waals surface area contributed by atoms with Crippen LogP contribution in [-0.4, -0.2) is 23.2 Å². The summed E-state index contributed by atoms with van der Waals surface area (Å²) >= 11 is 0. The highest BCUT2D eigenvalue weighted by Gasteiger charge is 2.05. The number of H-pyrrole nitrogens is 1. The first-order chi connectivity index (χ1) is 8.22. The van der Waals surface area contributed by atoms with Gasteiger partial charge in [0.25, 0.3) is 5.56 Å². The van der Waals surface area contributed by atoms with Crippen LogP contribution in [0.5, 0.6) is 0 Å². The lowest BCUT2D eigenvalue weighted by molar-refractivity contribution is 0.481. The van der Waals surface area contributed by atoms with Gasteiger partial charge in [0.2, 0.25) is 0 Å². The Morgan fingerprint density at radius 2 is 2.29 bits per heavy atom. The molecule has 0 spiro atoms. The molecule has 0 amide bonds. The molecule has 0 aliphatic heterocycles. The molecule has 5 nitrogen and oxygen atoms in total. The number of nitrogens with two attached hydrogens (primary N) is 1. The number of benzene rings is 1. The van der Waals surface area contributed by atoms with E-state index in [-0.39, 0.29) is 12.2 Å². The molecule has 0 unspecified atom stereocenters. The van der Waals surface area contributed by atoms with Crippen LogP contribution in [0, 0.1) is 0 Å². The second kappa shape index (κ2) is 4.82. The molecule has 0 radical (unpaired) electrons. The Morgan fingerprint density at radius 3 is 3.06 bits per heavy atom. The average molecular weight is 236 g/mol. The number of rotatable bonds is 4. The highest BCUT2D eigenvalue weighted by molar-refractivity contribution is 5.88. The highest BCUT2D eigenvalue weighted by atomic mass is 19.1. The molecule has 0 saturated heterocycles. The molecule has 0 bridgehead atoms. The fraction of sp³-hybridized carbons (Fsp3) is 0.273. The van der Waals surface area contributed by atoms with E-state index in [0.29, 0.717) is 35.2 Å². The maximum Gasteiger partial charge on any atom is 0.258 e. The SMILES string of the molecule is Nc1cc2c(=O)[nH]cnc2cc1NCCCF. The van der Waals surface area contributed by atoms with Gasteiger partial charge >= 0.3 is 0 Å². The first-order valence-corrected chi connectivity index (χ1v) is 5.29. The third kappa shape index (κ3) is 2.35. The third-order valence-corrected chi connectivity index (χ3v) is 2.44. The number of fused-ring (bicyclic) bond motifs is 1. The molecule has 1 aromatic carbocycles. The van der Waals surface area contributed by atoms with Crippen molar-refractivity contribution in [1.29, 1.82) is 0 Å². The van der Waals surface area contributed by atoms with E-state index in [4.69, 9.17) is 5.73 Å². The molecule has 1 aromatic heterocycles. The van der Waals surface area contributed by atoms with Gasteiger partial charge in [0.1, 0.15) is 0 Å². The summed E-state index contributed by atoms with van der Waals surface area (Å²) in [4.78, 5) is 18.0. The van der Waals surface area contributed by atoms with E-state index in [9.17, 15) is 9.18 Å². The standard InChI is InChI=1S/C11H13FN4O/c12-2-1-3-14-10-5-9-7(4-8(10)13)11(17)16-6-15-9/h4-6,14H,1-3,13H2,(H,15,16,17). The van der Waals surface area contributed by atoms with Gasteiger partial charge in [-0.1, -0.05) is 0 Å². The van der Waals surface area contributed by atoms with Gasteiger partial charge < -0.3 is 16.0 Å². The van der Waals surface area contributed by atoms with Crippen LogP contribution in [0.3, 0.4) is 0 Å². The number of alkyl halides is 1. The number of nitrogen functional groups attached to an aromatic ring is 1. The van der Waals surface area contributed by atoms with Crippen molar-refractivity contribution in [3.63, 3.8) is 0 Å². The van der Waals surface area contributed by atoms with Crippen molar-refractivity contribution in [2.45, 2.75) is 6.42 Å². The third-order valence-electron chi connectivity index (χ3n) is 2.44. The number of hydrogen-bond donors (Lipinski definition) is 3. The molecule has 6 heteroatoms. The normalized spacial score (nSPS) is 10.6.